The normalized spacial score (nSPS) is 12.4. The molecule has 5 rings (SSSR count). The Morgan fingerprint density at radius 2 is 1.89 bits per heavy atom. The van der Waals surface area contributed by atoms with E-state index in [4.69, 9.17) is 16.3 Å². The summed E-state index contributed by atoms with van der Waals surface area (Å²) in [7, 11) is 1.42. The zero-order chi connectivity index (χ0) is 24.5. The lowest BCUT2D eigenvalue weighted by Gasteiger charge is -2.17. The fraction of sp³-hybridized carbons (Fsp3) is 0.231. The molecule has 5 aromatic rings. The molecule has 7 nitrogen and oxygen atoms in total. The molecule has 9 heteroatoms. The molecular formula is C26H24ClN5O2S. The molecule has 3 aromatic heterocycles. The Morgan fingerprint density at radius 3 is 2.63 bits per heavy atom. The molecule has 0 amide bonds. The second kappa shape index (κ2) is 9.64. The Bertz CT molecular complexity index is 1510. The van der Waals surface area contributed by atoms with Gasteiger partial charge in [0.25, 0.3) is 0 Å². The highest BCUT2D eigenvalue weighted by molar-refractivity contribution is 7.22. The maximum Gasteiger partial charge on any atom is 0.309 e. The van der Waals surface area contributed by atoms with Gasteiger partial charge >= 0.3 is 5.97 Å². The molecule has 0 radical (unpaired) electrons. The van der Waals surface area contributed by atoms with Gasteiger partial charge in [0.2, 0.25) is 0 Å². The highest BCUT2D eigenvalue weighted by atomic mass is 35.5. The summed E-state index contributed by atoms with van der Waals surface area (Å²) < 4.78 is 7.94. The number of carbonyl (C=O) groups is 1. The van der Waals surface area contributed by atoms with E-state index in [0.717, 1.165) is 43.6 Å². The monoisotopic (exact) mass is 505 g/mol. The van der Waals surface area contributed by atoms with Crippen LogP contribution in [-0.2, 0) is 16.0 Å². The Hall–Kier alpha value is -3.49. The molecule has 0 saturated heterocycles. The van der Waals surface area contributed by atoms with Crippen LogP contribution in [0.4, 0.5) is 10.8 Å². The van der Waals surface area contributed by atoms with Crippen LogP contribution in [0.3, 0.4) is 0 Å². The topological polar surface area (TPSA) is 81.4 Å². The zero-order valence-corrected chi connectivity index (χ0v) is 21.1. The van der Waals surface area contributed by atoms with Gasteiger partial charge in [0.05, 0.1) is 23.2 Å². The van der Waals surface area contributed by atoms with Crippen molar-refractivity contribution in [3.63, 3.8) is 0 Å². The van der Waals surface area contributed by atoms with Gasteiger partial charge in [-0.05, 0) is 59.5 Å². The number of halogens is 1. The van der Waals surface area contributed by atoms with Crippen LogP contribution in [-0.4, -0.2) is 32.7 Å². The van der Waals surface area contributed by atoms with Crippen molar-refractivity contribution in [1.29, 1.82) is 0 Å². The zero-order valence-electron chi connectivity index (χ0n) is 19.5. The second-order valence-electron chi connectivity index (χ2n) is 8.67. The predicted octanol–water partition coefficient (Wildman–Crippen LogP) is 6.39. The number of anilines is 2. The quantitative estimate of drug-likeness (QED) is 0.258. The molecule has 0 aliphatic carbocycles. The largest absolute Gasteiger partial charge is 0.469 e. The average Bonchev–Trinajstić information content (AvgIpc) is 3.44. The number of benzene rings is 2. The summed E-state index contributed by atoms with van der Waals surface area (Å²) in [5, 5.41) is 13.6. The minimum Gasteiger partial charge on any atom is -0.469 e. The number of pyridine rings is 1. The summed E-state index contributed by atoms with van der Waals surface area (Å²) in [6, 6.07) is 17.9. The van der Waals surface area contributed by atoms with Gasteiger partial charge < -0.3 is 10.1 Å². The van der Waals surface area contributed by atoms with Crippen molar-refractivity contribution in [1.82, 2.24) is 19.6 Å². The molecule has 1 unspecified atom stereocenters. The van der Waals surface area contributed by atoms with Crippen LogP contribution >= 0.6 is 22.9 Å². The number of nitrogens with one attached hydrogen (secondary N) is 1. The summed E-state index contributed by atoms with van der Waals surface area (Å²) in [5.74, 6) is 0.394. The van der Waals surface area contributed by atoms with E-state index in [0.29, 0.717) is 11.4 Å². The number of ether oxygens (including phenoxy) is 1. The van der Waals surface area contributed by atoms with Crippen molar-refractivity contribution < 1.29 is 9.53 Å². The molecule has 178 valence electrons. The molecule has 0 aliphatic rings. The minimum atomic E-state index is -0.264. The standard InChI is InChI=1S/C26H24ClN5O2S/c1-15(2)20(25(33)34-3)14-24-31-30-23-12-17(10-11-32(23)24)16-4-7-19(8-5-16)28-26-29-21-9-6-18(27)13-22(21)35-26/h4-13,15,20H,14H2,1-3H3,(H,28,29). The molecule has 0 bridgehead atoms. The third kappa shape index (κ3) is 4.85. The predicted molar refractivity (Wildman–Crippen MR) is 140 cm³/mol. The first-order chi connectivity index (χ1) is 16.9. The first kappa shape index (κ1) is 23.3. The summed E-state index contributed by atoms with van der Waals surface area (Å²) in [4.78, 5) is 16.8. The first-order valence-corrected chi connectivity index (χ1v) is 12.5. The smallest absolute Gasteiger partial charge is 0.309 e. The molecule has 35 heavy (non-hydrogen) atoms. The number of fused-ring (bicyclic) bond motifs is 2. The Kier molecular flexibility index (Phi) is 6.40. The number of thiazole rings is 1. The van der Waals surface area contributed by atoms with E-state index >= 15 is 0 Å². The van der Waals surface area contributed by atoms with Crippen LogP contribution in [0.2, 0.25) is 5.02 Å². The van der Waals surface area contributed by atoms with Crippen molar-refractivity contribution in [3.05, 3.63) is 71.6 Å². The summed E-state index contributed by atoms with van der Waals surface area (Å²) in [5.41, 5.74) is 4.71. The van der Waals surface area contributed by atoms with E-state index in [-0.39, 0.29) is 17.8 Å². The van der Waals surface area contributed by atoms with Gasteiger partial charge in [0.1, 0.15) is 5.82 Å². The van der Waals surface area contributed by atoms with Crippen LogP contribution in [0.15, 0.2) is 60.8 Å². The minimum absolute atomic E-state index is 0.141. The van der Waals surface area contributed by atoms with Gasteiger partial charge in [-0.2, -0.15) is 0 Å². The van der Waals surface area contributed by atoms with Crippen LogP contribution in [0.25, 0.3) is 27.0 Å². The van der Waals surface area contributed by atoms with Crippen LogP contribution in [0.1, 0.15) is 19.7 Å². The van der Waals surface area contributed by atoms with Crippen LogP contribution in [0, 0.1) is 11.8 Å². The van der Waals surface area contributed by atoms with E-state index in [9.17, 15) is 4.79 Å². The molecular weight excluding hydrogens is 482 g/mol. The number of nitrogens with zero attached hydrogens (tertiary/aromatic N) is 4. The second-order valence-corrected chi connectivity index (χ2v) is 10.1. The highest BCUT2D eigenvalue weighted by Crippen LogP contribution is 2.31. The molecule has 3 heterocycles. The maximum absolute atomic E-state index is 12.2. The number of carbonyl (C=O) groups excluding carboxylic acids is 1. The van der Waals surface area contributed by atoms with Crippen molar-refractivity contribution in [2.24, 2.45) is 11.8 Å². The lowest BCUT2D eigenvalue weighted by atomic mass is 9.92. The number of rotatable bonds is 7. The third-order valence-electron chi connectivity index (χ3n) is 6.01. The Labute approximate surface area is 211 Å². The third-order valence-corrected chi connectivity index (χ3v) is 7.18. The first-order valence-electron chi connectivity index (χ1n) is 11.3. The van der Waals surface area contributed by atoms with Crippen molar-refractivity contribution in [3.8, 4) is 11.1 Å². The van der Waals surface area contributed by atoms with Gasteiger partial charge in [-0.15, -0.1) is 10.2 Å². The SMILES string of the molecule is COC(=O)C(Cc1nnc2cc(-c3ccc(Nc4nc5ccc(Cl)cc5s4)cc3)ccn12)C(C)C. The fourth-order valence-corrected chi connectivity index (χ4v) is 5.18. The van der Waals surface area contributed by atoms with Gasteiger partial charge in [-0.3, -0.25) is 9.20 Å². The van der Waals surface area contributed by atoms with Crippen molar-refractivity contribution >= 4 is 55.6 Å². The van der Waals surface area contributed by atoms with Gasteiger partial charge in [-0.1, -0.05) is 48.9 Å². The summed E-state index contributed by atoms with van der Waals surface area (Å²) >= 11 is 7.65. The fourth-order valence-electron chi connectivity index (χ4n) is 4.02. The molecule has 1 atom stereocenters. The number of methoxy groups -OCH3 is 1. The van der Waals surface area contributed by atoms with Gasteiger partial charge in [0, 0.05) is 23.3 Å². The number of esters is 1. The maximum atomic E-state index is 12.2. The van der Waals surface area contributed by atoms with Crippen LogP contribution < -0.4 is 5.32 Å². The molecule has 1 N–H and O–H groups in total. The molecule has 0 spiro atoms. The average molecular weight is 506 g/mol. The summed E-state index contributed by atoms with van der Waals surface area (Å²) in [6.45, 7) is 4.02. The van der Waals surface area contributed by atoms with E-state index in [2.05, 4.69) is 32.6 Å². The van der Waals surface area contributed by atoms with Crippen molar-refractivity contribution in [2.75, 3.05) is 12.4 Å². The lowest BCUT2D eigenvalue weighted by Crippen LogP contribution is -2.24. The molecule has 2 aromatic carbocycles. The molecule has 0 saturated carbocycles. The van der Waals surface area contributed by atoms with Gasteiger partial charge in [0.15, 0.2) is 10.8 Å². The summed E-state index contributed by atoms with van der Waals surface area (Å²) in [6.07, 6.45) is 2.43. The van der Waals surface area contributed by atoms with Crippen molar-refractivity contribution in [2.45, 2.75) is 20.3 Å². The lowest BCUT2D eigenvalue weighted by molar-refractivity contribution is -0.147. The highest BCUT2D eigenvalue weighted by Gasteiger charge is 2.25. The number of hydrogen-bond donors (Lipinski definition) is 1. The van der Waals surface area contributed by atoms with Gasteiger partial charge in [-0.25, -0.2) is 4.98 Å². The Morgan fingerprint density at radius 1 is 1.09 bits per heavy atom. The number of hydrogen-bond acceptors (Lipinski definition) is 7. The van der Waals surface area contributed by atoms with Crippen LogP contribution in [0.5, 0.6) is 0 Å². The van der Waals surface area contributed by atoms with E-state index in [1.165, 1.54) is 7.11 Å². The van der Waals surface area contributed by atoms with E-state index < -0.39 is 0 Å². The number of aromatic nitrogens is 4. The van der Waals surface area contributed by atoms with E-state index in [1.807, 2.05) is 66.9 Å². The Balaban J connectivity index is 1.34. The molecule has 0 fully saturated rings. The van der Waals surface area contributed by atoms with E-state index in [1.54, 1.807) is 11.3 Å². The molecule has 0 aliphatic heterocycles.